The van der Waals surface area contributed by atoms with Gasteiger partial charge in [-0.05, 0) is 30.0 Å². The fourth-order valence-electron chi connectivity index (χ4n) is 1.95. The van der Waals surface area contributed by atoms with Crippen molar-refractivity contribution in [2.75, 3.05) is 0 Å². The van der Waals surface area contributed by atoms with Crippen LogP contribution in [0, 0.1) is 0 Å². The summed E-state index contributed by atoms with van der Waals surface area (Å²) < 4.78 is 1.46. The third kappa shape index (κ3) is 2.38. The Morgan fingerprint density at radius 2 is 1.17 bits per heavy atom. The van der Waals surface area contributed by atoms with Crippen molar-refractivity contribution in [3.63, 3.8) is 0 Å². The summed E-state index contributed by atoms with van der Waals surface area (Å²) in [6, 6.07) is 26.0. The van der Waals surface area contributed by atoms with Crippen molar-refractivity contribution < 1.29 is 0 Å². The molecule has 3 rings (SSSR count). The van der Waals surface area contributed by atoms with E-state index in [-0.39, 0.29) is 0 Å². The van der Waals surface area contributed by atoms with Crippen LogP contribution in [0.3, 0.4) is 0 Å². The average molecular weight is 268 g/mol. The van der Waals surface area contributed by atoms with Gasteiger partial charge >= 0.3 is 0 Å². The topological polar surface area (TPSA) is 0 Å². The summed E-state index contributed by atoms with van der Waals surface area (Å²) in [7, 11) is -0.390. The summed E-state index contributed by atoms with van der Waals surface area (Å²) >= 11 is 1.85. The zero-order chi connectivity index (χ0) is 12.2. The Kier molecular flexibility index (Phi) is 3.54. The first kappa shape index (κ1) is 11.6. The minimum absolute atomic E-state index is 0.390. The van der Waals surface area contributed by atoms with E-state index < -0.39 is 7.92 Å². The van der Waals surface area contributed by atoms with Gasteiger partial charge in [-0.15, -0.1) is 11.3 Å². The largest absolute Gasteiger partial charge is 0.143 e. The van der Waals surface area contributed by atoms with Gasteiger partial charge in [-0.25, -0.2) is 0 Å². The molecular formula is C16H13PS. The van der Waals surface area contributed by atoms with Crippen LogP contribution in [0.1, 0.15) is 0 Å². The van der Waals surface area contributed by atoms with Crippen LogP contribution in [0.2, 0.25) is 0 Å². The standard InChI is InChI=1S/C16H13PS/c1-3-8-14(9-4-1)17(16-12-7-13-18-16)15-10-5-2-6-11-15/h1-13H. The molecule has 0 bridgehead atoms. The van der Waals surface area contributed by atoms with E-state index in [2.05, 4.69) is 78.2 Å². The molecule has 88 valence electrons. The summed E-state index contributed by atoms with van der Waals surface area (Å²) in [6.07, 6.45) is 0. The molecule has 1 heterocycles. The highest BCUT2D eigenvalue weighted by atomic mass is 32.1. The van der Waals surface area contributed by atoms with E-state index in [1.165, 1.54) is 15.2 Å². The lowest BCUT2D eigenvalue weighted by Gasteiger charge is -2.16. The molecule has 0 atom stereocenters. The minimum atomic E-state index is -0.390. The third-order valence-electron chi connectivity index (χ3n) is 2.76. The second kappa shape index (κ2) is 5.48. The second-order valence-electron chi connectivity index (χ2n) is 3.96. The van der Waals surface area contributed by atoms with Crippen molar-refractivity contribution in [2.45, 2.75) is 0 Å². The van der Waals surface area contributed by atoms with Gasteiger partial charge in [0, 0.05) is 4.62 Å². The molecule has 0 unspecified atom stereocenters. The van der Waals surface area contributed by atoms with Gasteiger partial charge in [0.25, 0.3) is 0 Å². The molecule has 2 heteroatoms. The first-order chi connectivity index (χ1) is 8.95. The summed E-state index contributed by atoms with van der Waals surface area (Å²) in [5.41, 5.74) is 0. The highest BCUT2D eigenvalue weighted by Crippen LogP contribution is 2.34. The van der Waals surface area contributed by atoms with Crippen LogP contribution in [-0.4, -0.2) is 0 Å². The lowest BCUT2D eigenvalue weighted by molar-refractivity contribution is 1.75. The Balaban J connectivity index is 2.11. The van der Waals surface area contributed by atoms with Crippen LogP contribution < -0.4 is 15.2 Å². The zero-order valence-corrected chi connectivity index (χ0v) is 11.6. The molecule has 0 saturated heterocycles. The lowest BCUT2D eigenvalue weighted by atomic mass is 10.4. The molecule has 0 saturated carbocycles. The van der Waals surface area contributed by atoms with Crippen molar-refractivity contribution in [1.29, 1.82) is 0 Å². The van der Waals surface area contributed by atoms with E-state index in [4.69, 9.17) is 0 Å². The predicted octanol–water partition coefficient (Wildman–Crippen LogP) is 3.51. The van der Waals surface area contributed by atoms with Gasteiger partial charge in [-0.1, -0.05) is 66.7 Å². The quantitative estimate of drug-likeness (QED) is 0.638. The highest BCUT2D eigenvalue weighted by molar-refractivity contribution is 7.84. The smallest absolute Gasteiger partial charge is 0.0368 e. The van der Waals surface area contributed by atoms with Gasteiger partial charge in [0.15, 0.2) is 0 Å². The Bertz CT molecular complexity index is 548. The molecule has 3 aromatic rings. The van der Waals surface area contributed by atoms with E-state index in [0.29, 0.717) is 0 Å². The Morgan fingerprint density at radius 1 is 0.611 bits per heavy atom. The predicted molar refractivity (Wildman–Crippen MR) is 83.0 cm³/mol. The number of hydrogen-bond acceptors (Lipinski definition) is 1. The van der Waals surface area contributed by atoms with Crippen LogP contribution in [0.4, 0.5) is 0 Å². The Hall–Kier alpha value is -1.43. The van der Waals surface area contributed by atoms with Crippen molar-refractivity contribution in [2.24, 2.45) is 0 Å². The molecule has 18 heavy (non-hydrogen) atoms. The maximum Gasteiger partial charge on any atom is 0.0368 e. The normalized spacial score (nSPS) is 10.7. The first-order valence-corrected chi connectivity index (χ1v) is 8.11. The maximum atomic E-state index is 2.25. The summed E-state index contributed by atoms with van der Waals surface area (Å²) in [6.45, 7) is 0. The number of hydrogen-bond donors (Lipinski definition) is 0. The average Bonchev–Trinajstić information content (AvgIpc) is 2.95. The molecule has 0 radical (unpaired) electrons. The molecule has 0 N–H and O–H groups in total. The van der Waals surface area contributed by atoms with Crippen molar-refractivity contribution in [3.8, 4) is 0 Å². The zero-order valence-electron chi connectivity index (χ0n) is 9.86. The van der Waals surface area contributed by atoms with E-state index in [1.54, 1.807) is 0 Å². The van der Waals surface area contributed by atoms with Crippen LogP contribution in [0.5, 0.6) is 0 Å². The monoisotopic (exact) mass is 268 g/mol. The van der Waals surface area contributed by atoms with Crippen LogP contribution in [0.25, 0.3) is 0 Å². The van der Waals surface area contributed by atoms with E-state index in [9.17, 15) is 0 Å². The summed E-state index contributed by atoms with van der Waals surface area (Å²) in [4.78, 5) is 0. The SMILES string of the molecule is c1ccc(P(c2ccccc2)c2cccs2)cc1. The van der Waals surface area contributed by atoms with Gasteiger partial charge in [0.1, 0.15) is 0 Å². The van der Waals surface area contributed by atoms with E-state index in [0.717, 1.165) is 0 Å². The lowest BCUT2D eigenvalue weighted by Crippen LogP contribution is -2.18. The molecule has 0 fully saturated rings. The van der Waals surface area contributed by atoms with Crippen molar-refractivity contribution >= 4 is 34.5 Å². The fraction of sp³-hybridized carbons (Fsp3) is 0. The molecule has 0 aliphatic heterocycles. The first-order valence-electron chi connectivity index (χ1n) is 5.89. The molecule has 0 spiro atoms. The Morgan fingerprint density at radius 3 is 1.61 bits per heavy atom. The maximum absolute atomic E-state index is 2.25. The molecule has 0 nitrogen and oxygen atoms in total. The molecule has 0 aliphatic carbocycles. The van der Waals surface area contributed by atoms with Gasteiger partial charge < -0.3 is 0 Å². The van der Waals surface area contributed by atoms with Crippen LogP contribution >= 0.6 is 19.3 Å². The highest BCUT2D eigenvalue weighted by Gasteiger charge is 2.16. The second-order valence-corrected chi connectivity index (χ2v) is 7.39. The molecular weight excluding hydrogens is 255 g/mol. The molecule has 0 aliphatic rings. The fourth-order valence-corrected chi connectivity index (χ4v) is 5.63. The molecule has 1 aromatic heterocycles. The summed E-state index contributed by atoms with van der Waals surface area (Å²) in [5.74, 6) is 0. The van der Waals surface area contributed by atoms with E-state index in [1.807, 2.05) is 11.3 Å². The van der Waals surface area contributed by atoms with E-state index >= 15 is 0 Å². The van der Waals surface area contributed by atoms with Gasteiger partial charge in [0.2, 0.25) is 0 Å². The van der Waals surface area contributed by atoms with Gasteiger partial charge in [-0.2, -0.15) is 0 Å². The number of thiophene rings is 1. The van der Waals surface area contributed by atoms with Gasteiger partial charge in [0.05, 0.1) is 0 Å². The summed E-state index contributed by atoms with van der Waals surface area (Å²) in [5, 5.41) is 5.00. The third-order valence-corrected chi connectivity index (χ3v) is 6.51. The van der Waals surface area contributed by atoms with Crippen molar-refractivity contribution in [3.05, 3.63) is 78.2 Å². The molecule has 0 amide bonds. The van der Waals surface area contributed by atoms with Crippen LogP contribution in [0.15, 0.2) is 78.2 Å². The van der Waals surface area contributed by atoms with Gasteiger partial charge in [-0.3, -0.25) is 0 Å². The molecule has 2 aromatic carbocycles. The minimum Gasteiger partial charge on any atom is -0.143 e. The number of benzene rings is 2. The number of rotatable bonds is 3. The van der Waals surface area contributed by atoms with Crippen molar-refractivity contribution in [1.82, 2.24) is 0 Å². The Labute approximate surface area is 113 Å². The van der Waals surface area contributed by atoms with Crippen LogP contribution in [-0.2, 0) is 0 Å².